The molecule has 0 fully saturated rings. The normalized spacial score (nSPS) is 13.7. The highest BCUT2D eigenvalue weighted by atomic mass is 16.3. The number of benzene rings is 6. The average molecular weight is 786 g/mol. The Labute approximate surface area is 355 Å². The number of rotatable bonds is 6. The van der Waals surface area contributed by atoms with Crippen molar-refractivity contribution >= 4 is 11.0 Å². The molecule has 9 rings (SSSR count). The molecular weight excluding hydrogens is 731 g/mol. The van der Waals surface area contributed by atoms with E-state index in [0.29, 0.717) is 5.82 Å². The maximum absolute atomic E-state index is 12.3. The van der Waals surface area contributed by atoms with Crippen molar-refractivity contribution in [3.05, 3.63) is 179 Å². The third-order valence-electron chi connectivity index (χ3n) is 12.9. The molecule has 1 N–H and O–H groups in total. The Morgan fingerprint density at radius 3 is 1.90 bits per heavy atom. The molecule has 0 atom stereocenters. The van der Waals surface area contributed by atoms with Crippen LogP contribution in [0.4, 0.5) is 0 Å². The molecule has 6 aromatic carbocycles. The number of phenols is 1. The number of hydrogen-bond donors (Lipinski definition) is 1. The zero-order valence-electron chi connectivity index (χ0n) is 36.6. The SMILES string of the molecule is CC(C)(C)c1cc(-c2nc3c(-c4cc(-c5nccc6c5C(C)(C)c5ccccc5-6)cc(C(C)(C)c5ccccc5)c4)cccc3n2-c2ccccc2)c(O)c(C(C)(C)C)c1. The summed E-state index contributed by atoms with van der Waals surface area (Å²) in [6.07, 6.45) is 1.97. The van der Waals surface area contributed by atoms with Gasteiger partial charge in [-0.25, -0.2) is 4.98 Å². The van der Waals surface area contributed by atoms with E-state index in [2.05, 4.69) is 207 Å². The molecule has 0 amide bonds. The molecule has 2 aromatic heterocycles. The number of pyridine rings is 1. The van der Waals surface area contributed by atoms with Crippen LogP contribution in [0.2, 0.25) is 0 Å². The Kier molecular flexibility index (Phi) is 9.09. The van der Waals surface area contributed by atoms with E-state index < -0.39 is 0 Å². The molecule has 4 nitrogen and oxygen atoms in total. The first-order valence-corrected chi connectivity index (χ1v) is 21.2. The van der Waals surface area contributed by atoms with Gasteiger partial charge in [-0.15, -0.1) is 0 Å². The molecule has 0 spiro atoms. The molecule has 4 heteroatoms. The molecule has 0 unspecified atom stereocenters. The summed E-state index contributed by atoms with van der Waals surface area (Å²) in [6.45, 7) is 22.5. The maximum Gasteiger partial charge on any atom is 0.149 e. The van der Waals surface area contributed by atoms with E-state index in [9.17, 15) is 5.11 Å². The molecular formula is C56H55N3O. The summed E-state index contributed by atoms with van der Waals surface area (Å²) < 4.78 is 2.22. The second kappa shape index (κ2) is 13.9. The van der Waals surface area contributed by atoms with Gasteiger partial charge in [0.25, 0.3) is 0 Å². The van der Waals surface area contributed by atoms with Crippen LogP contribution in [0, 0.1) is 0 Å². The van der Waals surface area contributed by atoms with Gasteiger partial charge >= 0.3 is 0 Å². The van der Waals surface area contributed by atoms with Gasteiger partial charge in [0.1, 0.15) is 11.6 Å². The van der Waals surface area contributed by atoms with E-state index in [0.717, 1.165) is 55.8 Å². The van der Waals surface area contributed by atoms with Crippen LogP contribution in [-0.4, -0.2) is 19.6 Å². The summed E-state index contributed by atoms with van der Waals surface area (Å²) in [5, 5.41) is 12.3. The van der Waals surface area contributed by atoms with Gasteiger partial charge in [-0.05, 0) is 97.8 Å². The zero-order valence-corrected chi connectivity index (χ0v) is 36.6. The summed E-state index contributed by atoms with van der Waals surface area (Å²) in [5.74, 6) is 0.979. The first-order chi connectivity index (χ1) is 28.5. The van der Waals surface area contributed by atoms with Crippen molar-refractivity contribution in [1.29, 1.82) is 0 Å². The van der Waals surface area contributed by atoms with Crippen molar-refractivity contribution in [2.75, 3.05) is 0 Å². The van der Waals surface area contributed by atoms with E-state index >= 15 is 0 Å². The van der Waals surface area contributed by atoms with Gasteiger partial charge in [0.2, 0.25) is 0 Å². The second-order valence-corrected chi connectivity index (χ2v) is 19.7. The standard InChI is InChI=1S/C56H55N3O/c1-53(2,3)38-33-44(51(60)46(34-38)54(4,5)6)52-58-50-41(25-19-27-47(50)59(52)40-22-15-12-16-23-40)35-30-36(32-39(31-35)55(7,8)37-20-13-11-14-21-37)49-48-43(28-29-57-49)42-24-17-18-26-45(42)56(48,9)10/h11-34,60H,1-10H3. The molecule has 0 bridgehead atoms. The monoisotopic (exact) mass is 785 g/mol. The van der Waals surface area contributed by atoms with Gasteiger partial charge in [0.15, 0.2) is 0 Å². The number of imidazole rings is 1. The Morgan fingerprint density at radius 2 is 1.20 bits per heavy atom. The fourth-order valence-electron chi connectivity index (χ4n) is 9.40. The Balaban J connectivity index is 1.35. The van der Waals surface area contributed by atoms with Crippen LogP contribution in [0.15, 0.2) is 146 Å². The largest absolute Gasteiger partial charge is 0.507 e. The highest BCUT2D eigenvalue weighted by Crippen LogP contribution is 2.52. The van der Waals surface area contributed by atoms with Crippen LogP contribution >= 0.6 is 0 Å². The Hall–Kier alpha value is -6.26. The predicted octanol–water partition coefficient (Wildman–Crippen LogP) is 14.4. The van der Waals surface area contributed by atoms with E-state index in [1.54, 1.807) is 0 Å². The van der Waals surface area contributed by atoms with Gasteiger partial charge in [0.05, 0.1) is 22.3 Å². The summed E-state index contributed by atoms with van der Waals surface area (Å²) in [5.41, 5.74) is 16.3. The van der Waals surface area contributed by atoms with E-state index in [-0.39, 0.29) is 27.4 Å². The molecule has 0 saturated heterocycles. The van der Waals surface area contributed by atoms with E-state index in [4.69, 9.17) is 9.97 Å². The highest BCUT2D eigenvalue weighted by molar-refractivity contribution is 5.97. The van der Waals surface area contributed by atoms with Crippen LogP contribution < -0.4 is 0 Å². The van der Waals surface area contributed by atoms with Gasteiger partial charge in [-0.2, -0.15) is 0 Å². The fraction of sp³-hybridized carbons (Fsp3) is 0.250. The molecule has 0 aliphatic heterocycles. The van der Waals surface area contributed by atoms with Crippen LogP contribution in [0.3, 0.4) is 0 Å². The van der Waals surface area contributed by atoms with Crippen molar-refractivity contribution in [2.24, 2.45) is 0 Å². The molecule has 1 aliphatic rings. The van der Waals surface area contributed by atoms with E-state index in [1.165, 1.54) is 33.4 Å². The van der Waals surface area contributed by atoms with E-state index in [1.807, 2.05) is 12.3 Å². The summed E-state index contributed by atoms with van der Waals surface area (Å²) in [7, 11) is 0. The quantitative estimate of drug-likeness (QED) is 0.183. The summed E-state index contributed by atoms with van der Waals surface area (Å²) >= 11 is 0. The number of para-hydroxylation sites is 2. The molecule has 0 radical (unpaired) electrons. The van der Waals surface area contributed by atoms with Gasteiger partial charge < -0.3 is 5.11 Å². The lowest BCUT2D eigenvalue weighted by atomic mass is 9.75. The lowest BCUT2D eigenvalue weighted by Gasteiger charge is -2.28. The van der Waals surface area contributed by atoms with Crippen molar-refractivity contribution in [1.82, 2.24) is 14.5 Å². The Morgan fingerprint density at radius 1 is 0.550 bits per heavy atom. The third kappa shape index (κ3) is 6.36. The topological polar surface area (TPSA) is 50.9 Å². The van der Waals surface area contributed by atoms with Gasteiger partial charge in [-0.1, -0.05) is 166 Å². The second-order valence-electron chi connectivity index (χ2n) is 19.7. The third-order valence-corrected chi connectivity index (χ3v) is 12.9. The van der Waals surface area contributed by atoms with Crippen LogP contribution in [0.25, 0.3) is 61.6 Å². The lowest BCUT2D eigenvalue weighted by Crippen LogP contribution is -2.19. The fourth-order valence-corrected chi connectivity index (χ4v) is 9.40. The number of hydrogen-bond acceptors (Lipinski definition) is 3. The first-order valence-electron chi connectivity index (χ1n) is 21.2. The molecule has 1 aliphatic carbocycles. The minimum Gasteiger partial charge on any atom is -0.507 e. The number of aromatic hydroxyl groups is 1. The number of nitrogens with zero attached hydrogens (tertiary/aromatic N) is 3. The minimum atomic E-state index is -0.326. The molecule has 0 saturated carbocycles. The average Bonchev–Trinajstić information content (AvgIpc) is 3.73. The van der Waals surface area contributed by atoms with Gasteiger partial charge in [0, 0.05) is 39.4 Å². The van der Waals surface area contributed by atoms with Crippen LogP contribution in [0.5, 0.6) is 5.75 Å². The molecule has 60 heavy (non-hydrogen) atoms. The summed E-state index contributed by atoms with van der Waals surface area (Å²) in [6, 6.07) is 50.0. The van der Waals surface area contributed by atoms with Crippen molar-refractivity contribution in [2.45, 2.75) is 90.9 Å². The first kappa shape index (κ1) is 39.2. The van der Waals surface area contributed by atoms with Crippen molar-refractivity contribution in [3.8, 4) is 56.3 Å². The van der Waals surface area contributed by atoms with Gasteiger partial charge in [-0.3, -0.25) is 9.55 Å². The molecule has 300 valence electrons. The number of phenolic OH excluding ortho intramolecular Hbond substituents is 1. The van der Waals surface area contributed by atoms with Crippen molar-refractivity contribution in [3.63, 3.8) is 0 Å². The Bertz CT molecular complexity index is 2940. The lowest BCUT2D eigenvalue weighted by molar-refractivity contribution is 0.446. The maximum atomic E-state index is 12.3. The highest BCUT2D eigenvalue weighted by Gasteiger charge is 2.38. The molecule has 8 aromatic rings. The van der Waals surface area contributed by atoms with Crippen LogP contribution in [-0.2, 0) is 21.7 Å². The van der Waals surface area contributed by atoms with Crippen molar-refractivity contribution < 1.29 is 5.11 Å². The van der Waals surface area contributed by atoms with Crippen LogP contribution in [0.1, 0.15) is 103 Å². The number of fused-ring (bicyclic) bond motifs is 4. The predicted molar refractivity (Wildman–Crippen MR) is 250 cm³/mol. The molecule has 2 heterocycles. The number of aromatic nitrogens is 3. The smallest absolute Gasteiger partial charge is 0.149 e. The zero-order chi connectivity index (χ0) is 42.4. The summed E-state index contributed by atoms with van der Waals surface area (Å²) in [4.78, 5) is 10.8. The minimum absolute atomic E-state index is 0.152.